The number of aryl methyl sites for hydroxylation is 4. The fraction of sp³-hybridized carbons (Fsp3) is 0.152. The average Bonchev–Trinajstić information content (AvgIpc) is 3.25. The van der Waals surface area contributed by atoms with Gasteiger partial charge in [0.25, 0.3) is 36.3 Å². The molecule has 7 rings (SSSR count). The number of rotatable bonds is 15. The number of para-hydroxylation sites is 1. The number of anilines is 3. The molecule has 0 unspecified atom stereocenters. The highest BCUT2D eigenvalue weighted by molar-refractivity contribution is 7.86. The van der Waals surface area contributed by atoms with Gasteiger partial charge in [-0.05, 0) is 146 Å². The van der Waals surface area contributed by atoms with E-state index in [1.165, 1.54) is 30.3 Å². The second-order valence-electron chi connectivity index (χ2n) is 15.5. The molecule has 0 spiro atoms. The molecule has 0 saturated carbocycles. The molecule has 0 aromatic heterocycles. The molecule has 0 radical (unpaired) electrons. The lowest BCUT2D eigenvalue weighted by Crippen LogP contribution is -2.13. The molecule has 67 heavy (non-hydrogen) atoms. The van der Waals surface area contributed by atoms with Crippen LogP contribution in [0.25, 0.3) is 21.5 Å². The molecule has 18 nitrogen and oxygen atoms in total. The maximum atomic E-state index is 13.6. The van der Waals surface area contributed by atoms with Crippen LogP contribution in [0, 0.1) is 27.7 Å². The van der Waals surface area contributed by atoms with E-state index in [1.54, 1.807) is 70.2 Å². The number of carbonyl (C=O) groups is 1. The largest absolute Gasteiger partial charge is 0.505 e. The number of benzene rings is 7. The summed E-state index contributed by atoms with van der Waals surface area (Å²) in [6, 6.07) is 29.0. The molecule has 0 aliphatic rings. The van der Waals surface area contributed by atoms with Crippen molar-refractivity contribution in [2.24, 2.45) is 20.5 Å². The third-order valence-electron chi connectivity index (χ3n) is 10.5. The highest BCUT2D eigenvalue weighted by Crippen LogP contribution is 2.43. The minimum atomic E-state index is -4.86. The van der Waals surface area contributed by atoms with Crippen LogP contribution in [0.5, 0.6) is 11.5 Å². The van der Waals surface area contributed by atoms with Gasteiger partial charge in [0.2, 0.25) is 0 Å². The van der Waals surface area contributed by atoms with Crippen LogP contribution >= 0.6 is 0 Å². The lowest BCUT2D eigenvalue weighted by atomic mass is 10.0. The molecule has 0 heterocycles. The van der Waals surface area contributed by atoms with Crippen molar-refractivity contribution in [3.8, 4) is 11.5 Å². The number of fused-ring (bicyclic) bond motifs is 2. The van der Waals surface area contributed by atoms with E-state index in [1.807, 2.05) is 30.3 Å². The quantitative estimate of drug-likeness (QED) is 0.0317. The van der Waals surface area contributed by atoms with E-state index in [0.29, 0.717) is 56.0 Å². The van der Waals surface area contributed by atoms with Crippen LogP contribution in [0.2, 0.25) is 0 Å². The Hall–Kier alpha value is -7.14. The maximum Gasteiger partial charge on any atom is 0.296 e. The molecule has 0 atom stereocenters. The number of nitrogens with one attached hydrogen (secondary N) is 2. The first-order valence-corrected chi connectivity index (χ1v) is 24.6. The summed E-state index contributed by atoms with van der Waals surface area (Å²) >= 11 is 0. The number of hydrogen-bond acceptors (Lipinski definition) is 14. The van der Waals surface area contributed by atoms with Crippen molar-refractivity contribution < 1.29 is 53.5 Å². The Bertz CT molecular complexity index is 3530. The Balaban J connectivity index is 1.08. The van der Waals surface area contributed by atoms with Crippen molar-refractivity contribution in [3.05, 3.63) is 137 Å². The van der Waals surface area contributed by atoms with Gasteiger partial charge in [0, 0.05) is 39.5 Å². The summed E-state index contributed by atoms with van der Waals surface area (Å²) in [5, 5.41) is 35.5. The van der Waals surface area contributed by atoms with Crippen molar-refractivity contribution in [2.45, 2.75) is 43.9 Å². The van der Waals surface area contributed by atoms with E-state index in [2.05, 4.69) is 31.1 Å². The number of carbonyl (C=O) groups excluding carboxylic acids is 1. The Kier molecular flexibility index (Phi) is 13.6. The first-order chi connectivity index (χ1) is 31.5. The fourth-order valence-electron chi connectivity index (χ4n) is 7.09. The van der Waals surface area contributed by atoms with Crippen molar-refractivity contribution in [3.63, 3.8) is 0 Å². The van der Waals surface area contributed by atoms with E-state index in [-0.39, 0.29) is 40.6 Å². The van der Waals surface area contributed by atoms with Gasteiger partial charge >= 0.3 is 0 Å². The lowest BCUT2D eigenvalue weighted by Gasteiger charge is -2.13. The molecule has 0 fully saturated rings. The minimum absolute atomic E-state index is 0.00373. The molecule has 0 aliphatic carbocycles. The zero-order valence-corrected chi connectivity index (χ0v) is 38.5. The van der Waals surface area contributed by atoms with Crippen LogP contribution in [-0.4, -0.2) is 62.3 Å². The Labute approximate surface area is 385 Å². The smallest absolute Gasteiger partial charge is 0.296 e. The lowest BCUT2D eigenvalue weighted by molar-refractivity contribution is 0.102. The molecular weight excluding hydrogens is 925 g/mol. The van der Waals surface area contributed by atoms with E-state index < -0.39 is 63.2 Å². The van der Waals surface area contributed by atoms with E-state index in [0.717, 1.165) is 11.8 Å². The topological polar surface area (TPSA) is 283 Å². The third-order valence-corrected chi connectivity index (χ3v) is 13.0. The summed E-state index contributed by atoms with van der Waals surface area (Å²) in [5.74, 6) is -1.54. The van der Waals surface area contributed by atoms with Gasteiger partial charge in [-0.25, -0.2) is 0 Å². The molecule has 6 N–H and O–H groups in total. The standard InChI is InChI=1S/C46H42N6O12S3/c1-26-18-39(27(2)17-38(26)46(54)48-34-11-13-36-30(21-34)23-35(25-42(36)66(58,59)60)64-15-8-16-65(55,56)57)49-50-40-19-29(4)41(20-28(40)3)51-52-44-43(67(61,62)63)24-31-22-33(12-14-37(31)45(44)53)47-32-9-6-5-7-10-32/h5-7,9-14,17-25,47,53H,8,15-16H2,1-4H3,(H,48,54)(H,55,56,57)(H,58,59,60)(H,61,62,63). The number of amides is 1. The average molecular weight is 967 g/mol. The van der Waals surface area contributed by atoms with Gasteiger partial charge in [-0.1, -0.05) is 24.3 Å². The van der Waals surface area contributed by atoms with Gasteiger partial charge in [-0.2, -0.15) is 40.6 Å². The molecule has 1 amide bonds. The molecule has 0 bridgehead atoms. The highest BCUT2D eigenvalue weighted by Gasteiger charge is 2.23. The van der Waals surface area contributed by atoms with Crippen LogP contribution < -0.4 is 15.4 Å². The van der Waals surface area contributed by atoms with Gasteiger partial charge in [0.15, 0.2) is 5.75 Å². The number of phenolic OH excluding ortho intramolecular Hbond substituents is 1. The summed E-state index contributed by atoms with van der Waals surface area (Å²) < 4.78 is 106. The molecule has 7 aromatic rings. The van der Waals surface area contributed by atoms with Crippen molar-refractivity contribution in [1.29, 1.82) is 0 Å². The van der Waals surface area contributed by atoms with Crippen LogP contribution in [0.4, 0.5) is 39.8 Å². The minimum Gasteiger partial charge on any atom is -0.505 e. The molecular formula is C46H42N6O12S3. The van der Waals surface area contributed by atoms with Crippen LogP contribution in [0.1, 0.15) is 39.0 Å². The van der Waals surface area contributed by atoms with Crippen molar-refractivity contribution in [2.75, 3.05) is 23.0 Å². The molecule has 7 aromatic carbocycles. The van der Waals surface area contributed by atoms with E-state index in [4.69, 9.17) is 9.29 Å². The number of ether oxygens (including phenoxy) is 1. The van der Waals surface area contributed by atoms with E-state index in [9.17, 15) is 44.3 Å². The summed E-state index contributed by atoms with van der Waals surface area (Å²) in [6.07, 6.45) is -0.0862. The number of aromatic hydroxyl groups is 1. The second kappa shape index (κ2) is 19.0. The Morgan fingerprint density at radius 3 is 1.76 bits per heavy atom. The molecule has 0 aliphatic heterocycles. The number of azo groups is 2. The fourth-order valence-corrected chi connectivity index (χ4v) is 8.96. The first kappa shape index (κ1) is 47.8. The first-order valence-electron chi connectivity index (χ1n) is 20.1. The zero-order chi connectivity index (χ0) is 48.4. The number of nitrogens with zero attached hydrogens (tertiary/aromatic N) is 4. The molecule has 346 valence electrons. The van der Waals surface area contributed by atoms with Gasteiger partial charge < -0.3 is 20.5 Å². The summed E-state index contributed by atoms with van der Waals surface area (Å²) in [6.45, 7) is 6.77. The summed E-state index contributed by atoms with van der Waals surface area (Å²) in [5.41, 5.74) is 5.21. The van der Waals surface area contributed by atoms with Gasteiger partial charge in [-0.3, -0.25) is 18.5 Å². The number of hydrogen-bond donors (Lipinski definition) is 6. The monoisotopic (exact) mass is 966 g/mol. The summed E-state index contributed by atoms with van der Waals surface area (Å²) in [7, 11) is -13.8. The predicted molar refractivity (Wildman–Crippen MR) is 254 cm³/mol. The van der Waals surface area contributed by atoms with Gasteiger partial charge in [0.1, 0.15) is 21.2 Å². The van der Waals surface area contributed by atoms with Crippen molar-refractivity contribution >= 4 is 97.6 Å². The normalized spacial score (nSPS) is 12.3. The predicted octanol–water partition coefficient (Wildman–Crippen LogP) is 10.9. The van der Waals surface area contributed by atoms with Gasteiger partial charge in [0.05, 0.1) is 29.4 Å². The van der Waals surface area contributed by atoms with Crippen molar-refractivity contribution in [1.82, 2.24) is 0 Å². The maximum absolute atomic E-state index is 13.6. The Morgan fingerprint density at radius 2 is 1.13 bits per heavy atom. The van der Waals surface area contributed by atoms with Crippen LogP contribution in [0.3, 0.4) is 0 Å². The van der Waals surface area contributed by atoms with Gasteiger partial charge in [-0.15, -0.1) is 5.11 Å². The van der Waals surface area contributed by atoms with E-state index >= 15 is 0 Å². The zero-order valence-electron chi connectivity index (χ0n) is 36.1. The summed E-state index contributed by atoms with van der Waals surface area (Å²) in [4.78, 5) is 12.5. The van der Waals surface area contributed by atoms with Crippen LogP contribution in [0.15, 0.2) is 139 Å². The highest BCUT2D eigenvalue weighted by atomic mass is 32.2. The van der Waals surface area contributed by atoms with Crippen LogP contribution in [-0.2, 0) is 30.4 Å². The Morgan fingerprint density at radius 1 is 0.582 bits per heavy atom. The second-order valence-corrected chi connectivity index (χ2v) is 19.9. The molecule has 0 saturated heterocycles. The number of phenols is 1. The third kappa shape index (κ3) is 11.5. The SMILES string of the molecule is Cc1cc(N=Nc2c(S(=O)(=O)O)cc3cc(Nc4ccccc4)ccc3c2O)c(C)cc1N=Nc1cc(C)c(C(=O)Nc2ccc3c(S(=O)(=O)O)cc(OCCCS(=O)(=O)O)cc3c2)cc1C. The molecule has 21 heteroatoms.